The molecular weight excluding hydrogens is 406 g/mol. The fourth-order valence-electron chi connectivity index (χ4n) is 2.63. The molecule has 3 rings (SSSR count). The van der Waals surface area contributed by atoms with Gasteiger partial charge in [0.2, 0.25) is 5.95 Å². The maximum absolute atomic E-state index is 11.0. The van der Waals surface area contributed by atoms with E-state index in [0.717, 1.165) is 16.1 Å². The van der Waals surface area contributed by atoms with Crippen LogP contribution in [-0.4, -0.2) is 47.8 Å². The Kier molecular flexibility index (Phi) is 7.17. The van der Waals surface area contributed by atoms with Crippen molar-refractivity contribution in [1.82, 2.24) is 15.3 Å². The first-order valence-corrected chi connectivity index (χ1v) is 9.82. The first-order chi connectivity index (χ1) is 14.6. The number of hydrogen-bond donors (Lipinski definition) is 3. The molecule has 2 heterocycles. The molecule has 0 saturated carbocycles. The summed E-state index contributed by atoms with van der Waals surface area (Å²) in [5.74, 6) is 0.726. The summed E-state index contributed by atoms with van der Waals surface area (Å²) in [6.45, 7) is -0.133. The van der Waals surface area contributed by atoms with E-state index in [1.165, 1.54) is 0 Å². The van der Waals surface area contributed by atoms with Crippen LogP contribution in [0.15, 0.2) is 53.0 Å². The van der Waals surface area contributed by atoms with Crippen molar-refractivity contribution in [3.05, 3.63) is 53.5 Å². The third kappa shape index (κ3) is 5.45. The highest BCUT2D eigenvalue weighted by molar-refractivity contribution is 7.13. The van der Waals surface area contributed by atoms with Crippen molar-refractivity contribution >= 4 is 29.2 Å². The fourth-order valence-corrected chi connectivity index (χ4v) is 3.32. The highest BCUT2D eigenvalue weighted by Crippen LogP contribution is 2.29. The van der Waals surface area contributed by atoms with E-state index in [0.29, 0.717) is 17.4 Å². The summed E-state index contributed by atoms with van der Waals surface area (Å²) in [5, 5.41) is 16.7. The fraction of sp³-hybridized carbons (Fsp3) is 0.200. The Morgan fingerprint density at radius 3 is 2.57 bits per heavy atom. The summed E-state index contributed by atoms with van der Waals surface area (Å²) in [6, 6.07) is 11.1. The molecule has 0 fully saturated rings. The highest BCUT2D eigenvalue weighted by Gasteiger charge is 2.11. The summed E-state index contributed by atoms with van der Waals surface area (Å²) in [7, 11) is 3.13. The van der Waals surface area contributed by atoms with Gasteiger partial charge in [0.05, 0.1) is 36.9 Å². The molecule has 0 spiro atoms. The average Bonchev–Trinajstić information content (AvgIpc) is 3.30. The average molecular weight is 427 g/mol. The van der Waals surface area contributed by atoms with Crippen molar-refractivity contribution in [3.8, 4) is 22.1 Å². The number of anilines is 1. The number of ether oxygens (including phenoxy) is 2. The SMILES string of the molecule is COc1cccc(OC)c1CN=C(NCC(=O)O)Nc1nccc(-c2cccs2)n1. The number of nitrogens with zero attached hydrogens (tertiary/aromatic N) is 3. The maximum Gasteiger partial charge on any atom is 0.322 e. The van der Waals surface area contributed by atoms with Gasteiger partial charge in [-0.3, -0.25) is 10.1 Å². The van der Waals surface area contributed by atoms with Gasteiger partial charge in [0.15, 0.2) is 5.96 Å². The molecule has 3 N–H and O–H groups in total. The molecule has 0 bridgehead atoms. The van der Waals surface area contributed by atoms with Gasteiger partial charge in [-0.1, -0.05) is 12.1 Å². The number of benzene rings is 1. The van der Waals surface area contributed by atoms with Crippen LogP contribution in [0.2, 0.25) is 0 Å². The molecular formula is C20H21N5O4S. The Morgan fingerprint density at radius 1 is 1.17 bits per heavy atom. The minimum atomic E-state index is -1.02. The van der Waals surface area contributed by atoms with Gasteiger partial charge < -0.3 is 19.9 Å². The minimum Gasteiger partial charge on any atom is -0.496 e. The molecule has 0 aliphatic carbocycles. The Hall–Kier alpha value is -3.66. The van der Waals surface area contributed by atoms with Gasteiger partial charge >= 0.3 is 5.97 Å². The van der Waals surface area contributed by atoms with Crippen LogP contribution in [0.3, 0.4) is 0 Å². The molecule has 0 saturated heterocycles. The van der Waals surface area contributed by atoms with E-state index in [1.54, 1.807) is 50.0 Å². The lowest BCUT2D eigenvalue weighted by atomic mass is 10.2. The van der Waals surface area contributed by atoms with Crippen LogP contribution in [-0.2, 0) is 11.3 Å². The van der Waals surface area contributed by atoms with Crippen LogP contribution >= 0.6 is 11.3 Å². The van der Waals surface area contributed by atoms with Crippen LogP contribution in [0.1, 0.15) is 5.56 Å². The molecule has 1 aromatic carbocycles. The molecule has 10 heteroatoms. The van der Waals surface area contributed by atoms with Crippen LogP contribution < -0.4 is 20.1 Å². The Balaban J connectivity index is 1.85. The molecule has 0 aliphatic rings. The molecule has 156 valence electrons. The number of thiophene rings is 1. The van der Waals surface area contributed by atoms with Crippen LogP contribution in [0.25, 0.3) is 10.6 Å². The summed E-state index contributed by atoms with van der Waals surface area (Å²) < 4.78 is 10.8. The number of carboxylic acid groups (broad SMARTS) is 1. The van der Waals surface area contributed by atoms with Gasteiger partial charge in [0.25, 0.3) is 0 Å². The molecule has 3 aromatic rings. The first kappa shape index (κ1) is 21.1. The largest absolute Gasteiger partial charge is 0.496 e. The number of aliphatic carboxylic acids is 1. The topological polar surface area (TPSA) is 118 Å². The molecule has 0 amide bonds. The van der Waals surface area contributed by atoms with Gasteiger partial charge in [0, 0.05) is 6.20 Å². The number of aliphatic imine (C=N–C) groups is 1. The number of carbonyl (C=O) groups is 1. The number of methoxy groups -OCH3 is 2. The second kappa shape index (κ2) is 10.2. The standard InChI is InChI=1S/C20H21N5O4S/c1-28-15-5-3-6-16(29-2)13(15)11-22-19(23-12-18(26)27)25-20-21-9-8-14(24-20)17-7-4-10-30-17/h3-10H,11-12H2,1-2H3,(H,26,27)(H2,21,22,23,24,25). The van der Waals surface area contributed by atoms with E-state index < -0.39 is 5.97 Å². The van der Waals surface area contributed by atoms with Crippen molar-refractivity contribution in [2.45, 2.75) is 6.54 Å². The van der Waals surface area contributed by atoms with E-state index in [1.807, 2.05) is 23.6 Å². The zero-order chi connectivity index (χ0) is 21.3. The Morgan fingerprint density at radius 2 is 1.93 bits per heavy atom. The molecule has 0 aliphatic heterocycles. The van der Waals surface area contributed by atoms with Crippen molar-refractivity contribution in [2.75, 3.05) is 26.1 Å². The van der Waals surface area contributed by atoms with Gasteiger partial charge in [-0.15, -0.1) is 11.3 Å². The van der Waals surface area contributed by atoms with E-state index in [9.17, 15) is 4.79 Å². The lowest BCUT2D eigenvalue weighted by Crippen LogP contribution is -2.35. The number of carboxylic acids is 1. The predicted octanol–water partition coefficient (Wildman–Crippen LogP) is 2.86. The first-order valence-electron chi connectivity index (χ1n) is 8.94. The molecule has 30 heavy (non-hydrogen) atoms. The van der Waals surface area contributed by atoms with Crippen LogP contribution in [0.5, 0.6) is 11.5 Å². The number of guanidine groups is 1. The van der Waals surface area contributed by atoms with Crippen molar-refractivity contribution in [3.63, 3.8) is 0 Å². The molecule has 0 unspecified atom stereocenters. The van der Waals surface area contributed by atoms with E-state index in [2.05, 4.69) is 25.6 Å². The summed E-state index contributed by atoms with van der Waals surface area (Å²) in [6.07, 6.45) is 1.63. The lowest BCUT2D eigenvalue weighted by Gasteiger charge is -2.13. The molecule has 0 radical (unpaired) electrons. The number of nitrogens with one attached hydrogen (secondary N) is 2. The maximum atomic E-state index is 11.0. The predicted molar refractivity (Wildman–Crippen MR) is 115 cm³/mol. The summed E-state index contributed by atoms with van der Waals surface area (Å²) in [4.78, 5) is 25.2. The summed E-state index contributed by atoms with van der Waals surface area (Å²) in [5.41, 5.74) is 1.48. The molecule has 9 nitrogen and oxygen atoms in total. The second-order valence-corrected chi connectivity index (χ2v) is 6.87. The monoisotopic (exact) mass is 427 g/mol. The van der Waals surface area contributed by atoms with Crippen LogP contribution in [0.4, 0.5) is 5.95 Å². The lowest BCUT2D eigenvalue weighted by molar-refractivity contribution is -0.135. The van der Waals surface area contributed by atoms with Gasteiger partial charge in [-0.2, -0.15) is 0 Å². The van der Waals surface area contributed by atoms with Crippen molar-refractivity contribution < 1.29 is 19.4 Å². The second-order valence-electron chi connectivity index (χ2n) is 5.92. The van der Waals surface area contributed by atoms with Crippen molar-refractivity contribution in [2.24, 2.45) is 4.99 Å². The number of aromatic nitrogens is 2. The smallest absolute Gasteiger partial charge is 0.322 e. The molecule has 0 atom stereocenters. The van der Waals surface area contributed by atoms with E-state index in [4.69, 9.17) is 14.6 Å². The minimum absolute atomic E-state index is 0.187. The summed E-state index contributed by atoms with van der Waals surface area (Å²) >= 11 is 1.56. The number of hydrogen-bond acceptors (Lipinski definition) is 7. The van der Waals surface area contributed by atoms with Gasteiger partial charge in [-0.25, -0.2) is 15.0 Å². The van der Waals surface area contributed by atoms with Crippen molar-refractivity contribution in [1.29, 1.82) is 0 Å². The van der Waals surface area contributed by atoms with Gasteiger partial charge in [-0.05, 0) is 29.6 Å². The normalized spacial score (nSPS) is 11.1. The third-order valence-electron chi connectivity index (χ3n) is 3.99. The van der Waals surface area contributed by atoms with E-state index in [-0.39, 0.29) is 19.0 Å². The quantitative estimate of drug-likeness (QED) is 0.371. The number of rotatable bonds is 8. The van der Waals surface area contributed by atoms with E-state index >= 15 is 0 Å². The molecule has 2 aromatic heterocycles. The zero-order valence-corrected chi connectivity index (χ0v) is 17.3. The zero-order valence-electron chi connectivity index (χ0n) is 16.5. The third-order valence-corrected chi connectivity index (χ3v) is 4.88. The Bertz CT molecular complexity index is 1000. The van der Waals surface area contributed by atoms with Gasteiger partial charge in [0.1, 0.15) is 18.0 Å². The Labute approximate surface area is 177 Å². The highest BCUT2D eigenvalue weighted by atomic mass is 32.1. The van der Waals surface area contributed by atoms with Crippen LogP contribution in [0, 0.1) is 0 Å².